The molecule has 5 nitrogen and oxygen atoms in total. The molecule has 0 aliphatic heterocycles. The molecule has 2 saturated carbocycles. The summed E-state index contributed by atoms with van der Waals surface area (Å²) in [5, 5.41) is 13.3. The topological polar surface area (TPSA) is 83.5 Å². The van der Waals surface area contributed by atoms with Crippen molar-refractivity contribution in [3.63, 3.8) is 0 Å². The lowest BCUT2D eigenvalue weighted by Crippen LogP contribution is -2.60. The number of Topliss-reactive ketones (excluding diaryl/α,β-unsaturated/α-hetero) is 1. The first kappa shape index (κ1) is 29.1. The molecule has 0 radical (unpaired) electrons. The molecule has 0 saturated heterocycles. The van der Waals surface area contributed by atoms with E-state index < -0.39 is 10.8 Å². The number of fused-ring (bicyclic) bond motifs is 6. The number of ketones is 1. The Balaban J connectivity index is 1.27. The fourth-order valence-electron chi connectivity index (χ4n) is 10.3. The Morgan fingerprint density at radius 3 is 1.79 bits per heavy atom. The van der Waals surface area contributed by atoms with Crippen LogP contribution < -0.4 is 5.32 Å². The Kier molecular flexibility index (Phi) is 6.98. The number of imide groups is 1. The van der Waals surface area contributed by atoms with Crippen LogP contribution in [0.5, 0.6) is 5.75 Å². The second kappa shape index (κ2) is 10.1. The summed E-state index contributed by atoms with van der Waals surface area (Å²) < 4.78 is 0. The van der Waals surface area contributed by atoms with E-state index in [0.29, 0.717) is 6.42 Å². The van der Waals surface area contributed by atoms with Crippen molar-refractivity contribution < 1.29 is 19.5 Å². The lowest BCUT2D eigenvalue weighted by atomic mass is 9.49. The molecule has 0 unspecified atom stereocenters. The van der Waals surface area contributed by atoms with Crippen molar-refractivity contribution in [3.05, 3.63) is 64.2 Å². The van der Waals surface area contributed by atoms with Crippen molar-refractivity contribution >= 4 is 17.6 Å². The van der Waals surface area contributed by atoms with Gasteiger partial charge in [0.25, 0.3) is 0 Å². The minimum Gasteiger partial charge on any atom is -0.508 e. The van der Waals surface area contributed by atoms with Crippen LogP contribution in [-0.4, -0.2) is 22.7 Å². The summed E-state index contributed by atoms with van der Waals surface area (Å²) in [6.07, 6.45) is 9.44. The zero-order valence-corrected chi connectivity index (χ0v) is 26.1. The number of amides is 2. The fourth-order valence-corrected chi connectivity index (χ4v) is 10.3. The van der Waals surface area contributed by atoms with Gasteiger partial charge in [0.05, 0.1) is 10.8 Å². The Morgan fingerprint density at radius 1 is 0.762 bits per heavy atom. The molecule has 2 amide bonds. The molecule has 0 aromatic heterocycles. The summed E-state index contributed by atoms with van der Waals surface area (Å²) in [5.41, 5.74) is 4.44. The molecule has 2 aromatic rings. The SMILES string of the molecule is CC(=O)Cc1ccc2c(c1)[C@@]1(C)CCC[C@](C)(C(=O)NC(=O)[C@@]3(C)CCC[C@]4(C)c5cc(O)ccc5CC[C@@H]34)[C@@H]1CC2. The van der Waals surface area contributed by atoms with Crippen LogP contribution in [-0.2, 0) is 44.5 Å². The van der Waals surface area contributed by atoms with E-state index in [1.54, 1.807) is 13.0 Å². The molecule has 0 heterocycles. The highest BCUT2D eigenvalue weighted by molar-refractivity contribution is 6.00. The average Bonchev–Trinajstić information content (AvgIpc) is 2.93. The van der Waals surface area contributed by atoms with Crippen LogP contribution in [0.25, 0.3) is 0 Å². The fraction of sp³-hybridized carbons (Fsp3) is 0.595. The normalized spacial score (nSPS) is 35.2. The van der Waals surface area contributed by atoms with Gasteiger partial charge in [0.15, 0.2) is 0 Å². The van der Waals surface area contributed by atoms with Crippen molar-refractivity contribution in [2.75, 3.05) is 0 Å². The molecule has 6 rings (SSSR count). The van der Waals surface area contributed by atoms with Gasteiger partial charge in [-0.05, 0) is 121 Å². The van der Waals surface area contributed by atoms with E-state index in [4.69, 9.17) is 0 Å². The highest BCUT2D eigenvalue weighted by atomic mass is 16.3. The minimum absolute atomic E-state index is 0.103. The van der Waals surface area contributed by atoms with Gasteiger partial charge < -0.3 is 5.11 Å². The van der Waals surface area contributed by atoms with Crippen LogP contribution in [0, 0.1) is 22.7 Å². The van der Waals surface area contributed by atoms with E-state index >= 15 is 0 Å². The first-order chi connectivity index (χ1) is 19.8. The molecular formula is C37H47NO4. The molecule has 2 fully saturated rings. The van der Waals surface area contributed by atoms with Gasteiger partial charge in [0.2, 0.25) is 11.8 Å². The zero-order valence-electron chi connectivity index (χ0n) is 26.1. The monoisotopic (exact) mass is 569 g/mol. The minimum atomic E-state index is -0.652. The number of carbonyl (C=O) groups excluding carboxylic acids is 3. The third-order valence-electron chi connectivity index (χ3n) is 12.5. The number of phenolic OH excluding ortho intramolecular Hbond substituents is 1. The molecule has 5 heteroatoms. The van der Waals surface area contributed by atoms with Gasteiger partial charge in [-0.25, -0.2) is 0 Å². The van der Waals surface area contributed by atoms with Crippen LogP contribution in [0.3, 0.4) is 0 Å². The molecule has 42 heavy (non-hydrogen) atoms. The Morgan fingerprint density at radius 2 is 1.26 bits per heavy atom. The van der Waals surface area contributed by atoms with Crippen LogP contribution in [0.1, 0.15) is 114 Å². The van der Waals surface area contributed by atoms with Gasteiger partial charge in [0, 0.05) is 6.42 Å². The highest BCUT2D eigenvalue weighted by Gasteiger charge is 2.58. The van der Waals surface area contributed by atoms with E-state index in [0.717, 1.165) is 69.8 Å². The number of nitrogens with one attached hydrogen (secondary N) is 1. The van der Waals surface area contributed by atoms with Crippen molar-refractivity contribution in [3.8, 4) is 5.75 Å². The number of hydrogen-bond acceptors (Lipinski definition) is 4. The largest absolute Gasteiger partial charge is 0.508 e. The predicted octanol–water partition coefficient (Wildman–Crippen LogP) is 6.89. The summed E-state index contributed by atoms with van der Waals surface area (Å²) in [7, 11) is 0. The van der Waals surface area contributed by atoms with E-state index in [1.807, 2.05) is 12.1 Å². The first-order valence-electron chi connectivity index (χ1n) is 16.1. The van der Waals surface area contributed by atoms with Crippen molar-refractivity contribution in [1.29, 1.82) is 0 Å². The number of hydrogen-bond donors (Lipinski definition) is 2. The van der Waals surface area contributed by atoms with Crippen molar-refractivity contribution in [1.82, 2.24) is 5.32 Å². The number of benzene rings is 2. The summed E-state index contributed by atoms with van der Waals surface area (Å²) in [4.78, 5) is 40.5. The molecule has 0 bridgehead atoms. The van der Waals surface area contributed by atoms with Crippen LogP contribution >= 0.6 is 0 Å². The van der Waals surface area contributed by atoms with Gasteiger partial charge in [-0.2, -0.15) is 0 Å². The summed E-state index contributed by atoms with van der Waals surface area (Å²) in [6.45, 7) is 10.4. The number of rotatable bonds is 4. The van der Waals surface area contributed by atoms with Gasteiger partial charge in [-0.1, -0.05) is 64.8 Å². The predicted molar refractivity (Wildman–Crippen MR) is 164 cm³/mol. The Bertz CT molecular complexity index is 1460. The smallest absolute Gasteiger partial charge is 0.232 e. The number of carbonyl (C=O) groups is 3. The van der Waals surface area contributed by atoms with Gasteiger partial charge >= 0.3 is 0 Å². The lowest BCUT2D eigenvalue weighted by Gasteiger charge is -2.56. The second-order valence-corrected chi connectivity index (χ2v) is 15.1. The molecule has 4 aliphatic rings. The molecule has 0 spiro atoms. The molecular weight excluding hydrogens is 522 g/mol. The number of phenols is 1. The average molecular weight is 570 g/mol. The summed E-state index contributed by atoms with van der Waals surface area (Å²) >= 11 is 0. The maximum Gasteiger partial charge on any atom is 0.232 e. The first-order valence-corrected chi connectivity index (χ1v) is 16.1. The van der Waals surface area contributed by atoms with Gasteiger partial charge in [-0.3, -0.25) is 19.7 Å². The molecule has 6 atom stereocenters. The lowest BCUT2D eigenvalue weighted by molar-refractivity contribution is -0.150. The van der Waals surface area contributed by atoms with E-state index in [-0.39, 0.29) is 46.0 Å². The van der Waals surface area contributed by atoms with Crippen molar-refractivity contribution in [2.45, 2.75) is 116 Å². The standard InChI is InChI=1S/C37H47NO4/c1-23(39)20-24-8-9-25-11-14-30-34(2,28(25)21-24)16-6-18-36(30,4)32(41)38-33(42)37(5)19-7-17-35(3)29-22-27(40)13-10-26(29)12-15-31(35)37/h8-10,13,21-22,30-31,40H,6-7,11-12,14-20H2,1-5H3,(H,38,41,42)/t30-,31-,34-,35-,36+,37+/m1/s1. The highest BCUT2D eigenvalue weighted by Crippen LogP contribution is 2.59. The summed E-state index contributed by atoms with van der Waals surface area (Å²) in [5.74, 6) is 0.421. The van der Waals surface area contributed by atoms with Crippen LogP contribution in [0.15, 0.2) is 36.4 Å². The number of aryl methyl sites for hydroxylation is 2. The zero-order chi connectivity index (χ0) is 30.1. The van der Waals surface area contributed by atoms with E-state index in [9.17, 15) is 19.5 Å². The van der Waals surface area contributed by atoms with Gasteiger partial charge in [-0.15, -0.1) is 0 Å². The van der Waals surface area contributed by atoms with E-state index in [2.05, 4.69) is 51.2 Å². The quantitative estimate of drug-likeness (QED) is 0.393. The van der Waals surface area contributed by atoms with Crippen LogP contribution in [0.4, 0.5) is 0 Å². The molecule has 2 N–H and O–H groups in total. The second-order valence-electron chi connectivity index (χ2n) is 15.1. The maximum absolute atomic E-state index is 14.3. The number of aromatic hydroxyl groups is 1. The molecule has 2 aromatic carbocycles. The molecule has 4 aliphatic carbocycles. The third kappa shape index (κ3) is 4.36. The Hall–Kier alpha value is -2.95. The van der Waals surface area contributed by atoms with Gasteiger partial charge in [0.1, 0.15) is 11.5 Å². The van der Waals surface area contributed by atoms with E-state index in [1.165, 1.54) is 22.3 Å². The molecule has 224 valence electrons. The Labute approximate surface area is 250 Å². The summed E-state index contributed by atoms with van der Waals surface area (Å²) in [6, 6.07) is 12.2. The third-order valence-corrected chi connectivity index (χ3v) is 12.5. The van der Waals surface area contributed by atoms with Crippen LogP contribution in [0.2, 0.25) is 0 Å². The maximum atomic E-state index is 14.3. The van der Waals surface area contributed by atoms with Crippen molar-refractivity contribution in [2.24, 2.45) is 22.7 Å².